The maximum absolute atomic E-state index is 11.9. The van der Waals surface area contributed by atoms with Crippen molar-refractivity contribution in [3.63, 3.8) is 0 Å². The lowest BCUT2D eigenvalue weighted by Crippen LogP contribution is -2.46. The topological polar surface area (TPSA) is 69.2 Å². The van der Waals surface area contributed by atoms with Gasteiger partial charge in [-0.25, -0.2) is 4.79 Å². The third kappa shape index (κ3) is 7.02. The van der Waals surface area contributed by atoms with Crippen molar-refractivity contribution in [3.8, 4) is 0 Å². The summed E-state index contributed by atoms with van der Waals surface area (Å²) in [4.78, 5) is 21.1. The number of nitrogens with zero attached hydrogens (tertiary/aromatic N) is 3. The van der Waals surface area contributed by atoms with Crippen LogP contribution in [0.25, 0.3) is 0 Å². The molecule has 0 aromatic heterocycles. The number of guanidine groups is 1. The molecule has 2 aliphatic rings. The van der Waals surface area contributed by atoms with E-state index in [1.807, 2.05) is 27.8 Å². The smallest absolute Gasteiger partial charge is 0.407 e. The molecular formula is C19H37N5O2. The maximum Gasteiger partial charge on any atom is 0.407 e. The third-order valence-corrected chi connectivity index (χ3v) is 5.01. The fraction of sp³-hybridized carbons (Fsp3) is 0.895. The van der Waals surface area contributed by atoms with Crippen LogP contribution in [0.2, 0.25) is 0 Å². The highest BCUT2D eigenvalue weighted by Crippen LogP contribution is 2.15. The van der Waals surface area contributed by atoms with E-state index in [2.05, 4.69) is 32.3 Å². The van der Waals surface area contributed by atoms with Crippen molar-refractivity contribution in [2.45, 2.75) is 58.6 Å². The molecule has 2 rings (SSSR count). The Morgan fingerprint density at radius 1 is 1.19 bits per heavy atom. The summed E-state index contributed by atoms with van der Waals surface area (Å²) in [5.41, 5.74) is -0.466. The molecular weight excluding hydrogens is 330 g/mol. The number of piperidine rings is 1. The quantitative estimate of drug-likeness (QED) is 0.587. The Morgan fingerprint density at radius 3 is 2.50 bits per heavy atom. The van der Waals surface area contributed by atoms with Gasteiger partial charge in [-0.1, -0.05) is 6.92 Å². The number of hydrogen-bond donors (Lipinski definition) is 2. The summed E-state index contributed by atoms with van der Waals surface area (Å²) in [6.07, 6.45) is 3.17. The molecule has 0 spiro atoms. The summed E-state index contributed by atoms with van der Waals surface area (Å²) in [5.74, 6) is 1.79. The van der Waals surface area contributed by atoms with Gasteiger partial charge in [0.25, 0.3) is 0 Å². The first-order valence-corrected chi connectivity index (χ1v) is 9.94. The first kappa shape index (κ1) is 20.8. The van der Waals surface area contributed by atoms with Gasteiger partial charge in [-0.2, -0.15) is 0 Å². The lowest BCUT2D eigenvalue weighted by molar-refractivity contribution is 0.0507. The largest absolute Gasteiger partial charge is 0.444 e. The van der Waals surface area contributed by atoms with Gasteiger partial charge in [0.1, 0.15) is 5.60 Å². The Labute approximate surface area is 158 Å². The van der Waals surface area contributed by atoms with Gasteiger partial charge in [0, 0.05) is 33.2 Å². The van der Waals surface area contributed by atoms with E-state index in [9.17, 15) is 4.79 Å². The monoisotopic (exact) mass is 367 g/mol. The first-order valence-electron chi connectivity index (χ1n) is 9.94. The Morgan fingerprint density at radius 2 is 1.88 bits per heavy atom. The average molecular weight is 368 g/mol. The van der Waals surface area contributed by atoms with Crippen LogP contribution >= 0.6 is 0 Å². The van der Waals surface area contributed by atoms with Crippen molar-refractivity contribution in [2.24, 2.45) is 10.9 Å². The van der Waals surface area contributed by atoms with Gasteiger partial charge in [0.2, 0.25) is 0 Å². The standard InChI is InChI=1S/C19H37N5O2/c1-15-6-10-23(11-7-15)13-9-21-17(20-5)24-12-8-16(14-24)22-18(25)26-19(2,3)4/h15-16H,6-14H2,1-5H3,(H,20,21)(H,22,25). The fourth-order valence-electron chi connectivity index (χ4n) is 3.49. The Kier molecular flexibility index (Phi) is 7.55. The van der Waals surface area contributed by atoms with Crippen molar-refractivity contribution in [1.29, 1.82) is 0 Å². The molecule has 7 nitrogen and oxygen atoms in total. The summed E-state index contributed by atoms with van der Waals surface area (Å²) in [7, 11) is 1.82. The molecule has 0 saturated carbocycles. The van der Waals surface area contributed by atoms with E-state index >= 15 is 0 Å². The number of alkyl carbamates (subject to hydrolysis) is 1. The molecule has 0 aromatic carbocycles. The van der Waals surface area contributed by atoms with Gasteiger partial charge >= 0.3 is 6.09 Å². The molecule has 7 heteroatoms. The van der Waals surface area contributed by atoms with E-state index in [4.69, 9.17) is 4.74 Å². The van der Waals surface area contributed by atoms with Crippen molar-refractivity contribution < 1.29 is 9.53 Å². The number of likely N-dealkylation sites (tertiary alicyclic amines) is 2. The second kappa shape index (κ2) is 9.44. The number of carbonyl (C=O) groups is 1. The molecule has 0 bridgehead atoms. The molecule has 2 fully saturated rings. The molecule has 0 radical (unpaired) electrons. The number of aliphatic imine (C=N–C) groups is 1. The molecule has 2 aliphatic heterocycles. The zero-order valence-electron chi connectivity index (χ0n) is 17.2. The van der Waals surface area contributed by atoms with Gasteiger partial charge < -0.3 is 25.2 Å². The van der Waals surface area contributed by atoms with Crippen molar-refractivity contribution in [2.75, 3.05) is 46.3 Å². The van der Waals surface area contributed by atoms with Crippen LogP contribution in [0, 0.1) is 5.92 Å². The molecule has 1 unspecified atom stereocenters. The van der Waals surface area contributed by atoms with Crippen LogP contribution in [0.5, 0.6) is 0 Å². The highest BCUT2D eigenvalue weighted by molar-refractivity contribution is 5.80. The first-order chi connectivity index (χ1) is 12.3. The van der Waals surface area contributed by atoms with E-state index in [1.54, 1.807) is 0 Å². The predicted molar refractivity (Wildman–Crippen MR) is 106 cm³/mol. The summed E-state index contributed by atoms with van der Waals surface area (Å²) in [6, 6.07) is 0.104. The minimum Gasteiger partial charge on any atom is -0.444 e. The van der Waals surface area contributed by atoms with E-state index in [0.717, 1.165) is 44.5 Å². The highest BCUT2D eigenvalue weighted by atomic mass is 16.6. The molecule has 0 aliphatic carbocycles. The zero-order chi connectivity index (χ0) is 19.2. The minimum atomic E-state index is -0.466. The molecule has 2 N–H and O–H groups in total. The average Bonchev–Trinajstić information content (AvgIpc) is 2.99. The molecule has 1 amide bonds. The SMILES string of the molecule is CN=C(NCCN1CCC(C)CC1)N1CCC(NC(=O)OC(C)(C)C)C1. The zero-order valence-corrected chi connectivity index (χ0v) is 17.2. The number of hydrogen-bond acceptors (Lipinski definition) is 4. The van der Waals surface area contributed by atoms with Crippen LogP contribution < -0.4 is 10.6 Å². The summed E-state index contributed by atoms with van der Waals surface area (Å²) < 4.78 is 5.34. The maximum atomic E-state index is 11.9. The van der Waals surface area contributed by atoms with E-state index in [1.165, 1.54) is 25.9 Å². The second-order valence-electron chi connectivity index (χ2n) is 8.58. The third-order valence-electron chi connectivity index (χ3n) is 5.01. The van der Waals surface area contributed by atoms with Crippen LogP contribution in [0.1, 0.15) is 47.0 Å². The van der Waals surface area contributed by atoms with Gasteiger partial charge in [0.15, 0.2) is 5.96 Å². The number of amides is 1. The van der Waals surface area contributed by atoms with E-state index < -0.39 is 5.60 Å². The van der Waals surface area contributed by atoms with Gasteiger partial charge in [-0.05, 0) is 59.0 Å². The highest BCUT2D eigenvalue weighted by Gasteiger charge is 2.27. The van der Waals surface area contributed by atoms with Crippen molar-refractivity contribution in [3.05, 3.63) is 0 Å². The second-order valence-corrected chi connectivity index (χ2v) is 8.58. The van der Waals surface area contributed by atoms with Crippen molar-refractivity contribution >= 4 is 12.1 Å². The Balaban J connectivity index is 1.69. The summed E-state index contributed by atoms with van der Waals surface area (Å²) in [5, 5.41) is 6.43. The van der Waals surface area contributed by atoms with E-state index in [-0.39, 0.29) is 12.1 Å². The van der Waals surface area contributed by atoms with Gasteiger partial charge in [0.05, 0.1) is 6.04 Å². The van der Waals surface area contributed by atoms with E-state index in [0.29, 0.717) is 0 Å². The molecule has 1 atom stereocenters. The number of nitrogens with one attached hydrogen (secondary N) is 2. The summed E-state index contributed by atoms with van der Waals surface area (Å²) >= 11 is 0. The van der Waals surface area contributed by atoms with Gasteiger partial charge in [-0.3, -0.25) is 4.99 Å². The molecule has 2 saturated heterocycles. The van der Waals surface area contributed by atoms with Gasteiger partial charge in [-0.15, -0.1) is 0 Å². The fourth-order valence-corrected chi connectivity index (χ4v) is 3.49. The van der Waals surface area contributed by atoms with Crippen LogP contribution in [0.4, 0.5) is 4.79 Å². The van der Waals surface area contributed by atoms with Crippen LogP contribution in [0.3, 0.4) is 0 Å². The normalized spacial score (nSPS) is 23.2. The molecule has 0 aromatic rings. The van der Waals surface area contributed by atoms with Crippen LogP contribution in [0.15, 0.2) is 4.99 Å². The number of carbonyl (C=O) groups excluding carboxylic acids is 1. The van der Waals surface area contributed by atoms with Crippen LogP contribution in [-0.4, -0.2) is 79.8 Å². The Bertz CT molecular complexity index is 481. The lowest BCUT2D eigenvalue weighted by Gasteiger charge is -2.30. The number of ether oxygens (including phenoxy) is 1. The lowest BCUT2D eigenvalue weighted by atomic mass is 9.99. The minimum absolute atomic E-state index is 0.104. The predicted octanol–water partition coefficient (Wildman–Crippen LogP) is 1.89. The molecule has 26 heavy (non-hydrogen) atoms. The Hall–Kier alpha value is -1.50. The summed E-state index contributed by atoms with van der Waals surface area (Å²) in [6.45, 7) is 14.0. The number of rotatable bonds is 4. The van der Waals surface area contributed by atoms with Crippen LogP contribution in [-0.2, 0) is 4.74 Å². The molecule has 150 valence electrons. The van der Waals surface area contributed by atoms with Crippen molar-refractivity contribution in [1.82, 2.24) is 20.4 Å². The molecule has 2 heterocycles.